The number of hydrogen-bond donors (Lipinski definition) is 1. The second kappa shape index (κ2) is 12.5. The van der Waals surface area contributed by atoms with E-state index in [-0.39, 0.29) is 23.4 Å². The first kappa shape index (κ1) is 29.2. The van der Waals surface area contributed by atoms with Gasteiger partial charge in [0.25, 0.3) is 10.0 Å². The van der Waals surface area contributed by atoms with Gasteiger partial charge in [-0.05, 0) is 75.6 Å². The fraction of sp³-hybridized carbons (Fsp3) is 0.310. The largest absolute Gasteiger partial charge is 0.352 e. The molecule has 0 unspecified atom stereocenters. The van der Waals surface area contributed by atoms with Crippen molar-refractivity contribution in [1.82, 2.24) is 10.2 Å². The van der Waals surface area contributed by atoms with Crippen LogP contribution in [0.15, 0.2) is 77.7 Å². The maximum Gasteiger partial charge on any atom is 0.264 e. The number of aryl methyl sites for hydroxylation is 1. The van der Waals surface area contributed by atoms with Crippen LogP contribution >= 0.6 is 11.6 Å². The van der Waals surface area contributed by atoms with Gasteiger partial charge in [0.1, 0.15) is 12.6 Å². The highest BCUT2D eigenvalue weighted by Gasteiger charge is 2.33. The molecule has 0 fully saturated rings. The average Bonchev–Trinajstić information content (AvgIpc) is 2.88. The van der Waals surface area contributed by atoms with Crippen LogP contribution in [0.3, 0.4) is 0 Å². The zero-order valence-electron chi connectivity index (χ0n) is 22.3. The van der Waals surface area contributed by atoms with Crippen LogP contribution in [-0.4, -0.2) is 43.8 Å². The molecule has 0 aliphatic carbocycles. The number of nitrogens with one attached hydrogen (secondary N) is 1. The zero-order chi connectivity index (χ0) is 28.0. The van der Waals surface area contributed by atoms with E-state index < -0.39 is 28.5 Å². The van der Waals surface area contributed by atoms with E-state index >= 15 is 0 Å². The normalized spacial score (nSPS) is 12.2. The van der Waals surface area contributed by atoms with E-state index in [2.05, 4.69) is 5.32 Å². The first-order chi connectivity index (χ1) is 17.9. The van der Waals surface area contributed by atoms with Gasteiger partial charge in [-0.3, -0.25) is 13.9 Å². The maximum absolute atomic E-state index is 14.0. The van der Waals surface area contributed by atoms with E-state index in [4.69, 9.17) is 11.6 Å². The number of anilines is 1. The van der Waals surface area contributed by atoms with Gasteiger partial charge in [0.2, 0.25) is 11.8 Å². The summed E-state index contributed by atoms with van der Waals surface area (Å²) in [6.45, 7) is 8.60. The van der Waals surface area contributed by atoms with Gasteiger partial charge >= 0.3 is 0 Å². The molecule has 0 aliphatic heterocycles. The van der Waals surface area contributed by atoms with E-state index in [1.54, 1.807) is 50.2 Å². The third-order valence-electron chi connectivity index (χ3n) is 6.32. The van der Waals surface area contributed by atoms with Crippen molar-refractivity contribution in [2.75, 3.05) is 10.8 Å². The molecule has 3 aromatic rings. The molecule has 9 heteroatoms. The highest BCUT2D eigenvalue weighted by Crippen LogP contribution is 2.31. The Morgan fingerprint density at radius 2 is 1.53 bits per heavy atom. The summed E-state index contributed by atoms with van der Waals surface area (Å²) in [5, 5.41) is 3.23. The van der Waals surface area contributed by atoms with Gasteiger partial charge in [0.15, 0.2) is 0 Å². The molecule has 0 saturated carbocycles. The summed E-state index contributed by atoms with van der Waals surface area (Å²) in [5.74, 6) is -0.836. The molecule has 0 saturated heterocycles. The number of carbonyl (C=O) groups is 2. The van der Waals surface area contributed by atoms with Gasteiger partial charge in [-0.15, -0.1) is 0 Å². The molecule has 38 heavy (non-hydrogen) atoms. The van der Waals surface area contributed by atoms with Crippen LogP contribution in [-0.2, 0) is 26.2 Å². The lowest BCUT2D eigenvalue weighted by atomic mass is 10.1. The van der Waals surface area contributed by atoms with Crippen molar-refractivity contribution in [3.63, 3.8) is 0 Å². The molecule has 7 nitrogen and oxygen atoms in total. The number of rotatable bonds is 10. The fourth-order valence-corrected chi connectivity index (χ4v) is 5.72. The SMILES string of the molecule is Cc1ccccc1CN(C(=O)CN(c1cccc(Cl)c1C)S(=O)(=O)c1ccccc1)[C@@H](C)C(=O)NC(C)C. The lowest BCUT2D eigenvalue weighted by Gasteiger charge is -2.33. The van der Waals surface area contributed by atoms with Gasteiger partial charge in [-0.25, -0.2) is 8.42 Å². The van der Waals surface area contributed by atoms with E-state index in [1.807, 2.05) is 45.0 Å². The number of halogens is 1. The van der Waals surface area contributed by atoms with Gasteiger partial charge in [-0.1, -0.05) is 60.1 Å². The van der Waals surface area contributed by atoms with E-state index in [9.17, 15) is 18.0 Å². The fourth-order valence-electron chi connectivity index (χ4n) is 4.06. The van der Waals surface area contributed by atoms with Crippen LogP contribution in [0.25, 0.3) is 0 Å². The first-order valence-corrected chi connectivity index (χ1v) is 14.2. The summed E-state index contributed by atoms with van der Waals surface area (Å²) in [7, 11) is -4.14. The smallest absolute Gasteiger partial charge is 0.264 e. The van der Waals surface area contributed by atoms with Crippen LogP contribution in [0.2, 0.25) is 5.02 Å². The number of hydrogen-bond acceptors (Lipinski definition) is 4. The Morgan fingerprint density at radius 3 is 2.16 bits per heavy atom. The van der Waals surface area contributed by atoms with Crippen LogP contribution in [0.5, 0.6) is 0 Å². The second-order valence-electron chi connectivity index (χ2n) is 9.50. The van der Waals surface area contributed by atoms with E-state index in [0.717, 1.165) is 15.4 Å². The topological polar surface area (TPSA) is 86.8 Å². The number of nitrogens with zero attached hydrogens (tertiary/aromatic N) is 2. The highest BCUT2D eigenvalue weighted by atomic mass is 35.5. The summed E-state index contributed by atoms with van der Waals surface area (Å²) in [5.41, 5.74) is 2.64. The molecule has 0 aromatic heterocycles. The standard InChI is InChI=1S/C29H34ClN3O4S/c1-20(2)31-29(35)23(5)32(18-24-13-10-9-12-21(24)3)28(34)19-33(27-17-11-16-26(30)22(27)4)38(36,37)25-14-7-6-8-15-25/h6-17,20,23H,18-19H2,1-5H3,(H,31,35)/t23-/m0/s1. The van der Waals surface area contributed by atoms with Crippen molar-refractivity contribution >= 4 is 39.1 Å². The first-order valence-electron chi connectivity index (χ1n) is 12.4. The Balaban J connectivity index is 2.08. The number of amides is 2. The molecule has 3 rings (SSSR count). The summed E-state index contributed by atoms with van der Waals surface area (Å²) in [6.07, 6.45) is 0. The zero-order valence-corrected chi connectivity index (χ0v) is 23.9. The van der Waals surface area contributed by atoms with Gasteiger partial charge in [-0.2, -0.15) is 0 Å². The molecular formula is C29H34ClN3O4S. The van der Waals surface area contributed by atoms with Crippen molar-refractivity contribution in [2.45, 2.75) is 58.1 Å². The molecule has 0 aliphatic rings. The molecule has 0 spiro atoms. The summed E-state index contributed by atoms with van der Waals surface area (Å²) in [4.78, 5) is 28.4. The van der Waals surface area contributed by atoms with Crippen LogP contribution in [0.4, 0.5) is 5.69 Å². The Labute approximate surface area is 230 Å². The third-order valence-corrected chi connectivity index (χ3v) is 8.50. The monoisotopic (exact) mass is 555 g/mol. The second-order valence-corrected chi connectivity index (χ2v) is 11.8. The minimum Gasteiger partial charge on any atom is -0.352 e. The Morgan fingerprint density at radius 1 is 0.895 bits per heavy atom. The Kier molecular flexibility index (Phi) is 9.57. The van der Waals surface area contributed by atoms with Crippen LogP contribution in [0, 0.1) is 13.8 Å². The average molecular weight is 556 g/mol. The molecule has 1 atom stereocenters. The molecule has 0 heterocycles. The van der Waals surface area contributed by atoms with E-state index in [0.29, 0.717) is 16.3 Å². The van der Waals surface area contributed by atoms with Gasteiger partial charge in [0.05, 0.1) is 10.6 Å². The van der Waals surface area contributed by atoms with Crippen molar-refractivity contribution in [3.8, 4) is 0 Å². The summed E-state index contributed by atoms with van der Waals surface area (Å²) in [6, 6.07) is 19.5. The van der Waals surface area contributed by atoms with Crippen LogP contribution in [0.1, 0.15) is 37.5 Å². The summed E-state index contributed by atoms with van der Waals surface area (Å²) < 4.78 is 28.8. The Hall–Kier alpha value is -3.36. The molecule has 0 radical (unpaired) electrons. The molecular weight excluding hydrogens is 522 g/mol. The van der Waals surface area contributed by atoms with Gasteiger partial charge < -0.3 is 10.2 Å². The van der Waals surface area contributed by atoms with Gasteiger partial charge in [0, 0.05) is 17.6 Å². The predicted octanol–water partition coefficient (Wildman–Crippen LogP) is 5.09. The third kappa shape index (κ3) is 6.74. The molecule has 1 N–H and O–H groups in total. The predicted molar refractivity (Wildman–Crippen MR) is 152 cm³/mol. The minimum atomic E-state index is -4.14. The van der Waals surface area contributed by atoms with Crippen molar-refractivity contribution in [1.29, 1.82) is 0 Å². The quantitative estimate of drug-likeness (QED) is 0.377. The number of sulfonamides is 1. The maximum atomic E-state index is 14.0. The molecule has 3 aromatic carbocycles. The van der Waals surface area contributed by atoms with E-state index in [1.165, 1.54) is 17.0 Å². The number of carbonyl (C=O) groups excluding carboxylic acids is 2. The van der Waals surface area contributed by atoms with Crippen molar-refractivity contribution in [3.05, 3.63) is 94.5 Å². The van der Waals surface area contributed by atoms with Crippen LogP contribution < -0.4 is 9.62 Å². The highest BCUT2D eigenvalue weighted by molar-refractivity contribution is 7.92. The molecule has 0 bridgehead atoms. The Bertz CT molecular complexity index is 1390. The lowest BCUT2D eigenvalue weighted by molar-refractivity contribution is -0.139. The van der Waals surface area contributed by atoms with Crippen molar-refractivity contribution < 1.29 is 18.0 Å². The number of benzene rings is 3. The minimum absolute atomic E-state index is 0.0447. The molecule has 2 amide bonds. The molecule has 202 valence electrons. The summed E-state index contributed by atoms with van der Waals surface area (Å²) >= 11 is 6.35. The lowest BCUT2D eigenvalue weighted by Crippen LogP contribution is -2.52. The van der Waals surface area contributed by atoms with Crippen molar-refractivity contribution in [2.24, 2.45) is 0 Å².